The van der Waals surface area contributed by atoms with E-state index in [2.05, 4.69) is 10.3 Å². The van der Waals surface area contributed by atoms with Crippen LogP contribution in [-0.4, -0.2) is 37.0 Å². The van der Waals surface area contributed by atoms with Gasteiger partial charge in [0.05, 0.1) is 6.61 Å². The Morgan fingerprint density at radius 3 is 2.66 bits per heavy atom. The van der Waals surface area contributed by atoms with Gasteiger partial charge in [0, 0.05) is 36.5 Å². The minimum absolute atomic E-state index is 0.0277. The van der Waals surface area contributed by atoms with Crippen molar-refractivity contribution >= 4 is 17.4 Å². The van der Waals surface area contributed by atoms with Gasteiger partial charge in [-0.3, -0.25) is 14.4 Å². The Hall–Kier alpha value is -3.00. The summed E-state index contributed by atoms with van der Waals surface area (Å²) in [5, 5.41) is 2.48. The predicted octanol–water partition coefficient (Wildman–Crippen LogP) is 2.95. The number of aromatic amines is 1. The summed E-state index contributed by atoms with van der Waals surface area (Å²) in [6.07, 6.45) is 0.879. The third-order valence-electron chi connectivity index (χ3n) is 4.70. The second-order valence-electron chi connectivity index (χ2n) is 7.79. The van der Waals surface area contributed by atoms with Gasteiger partial charge in [-0.25, -0.2) is 4.39 Å². The van der Waals surface area contributed by atoms with Gasteiger partial charge in [0.15, 0.2) is 17.3 Å². The number of carbonyl (C=O) groups excluding carboxylic acids is 2. The highest BCUT2D eigenvalue weighted by atomic mass is 19.1. The summed E-state index contributed by atoms with van der Waals surface area (Å²) in [7, 11) is 1.51. The number of methoxy groups -OCH3 is 1. The molecule has 1 aliphatic rings. The fraction of sp³-hybridized carbons (Fsp3) is 0.381. The summed E-state index contributed by atoms with van der Waals surface area (Å²) in [4.78, 5) is 40.0. The number of ketones is 1. The van der Waals surface area contributed by atoms with Crippen molar-refractivity contribution in [3.63, 3.8) is 0 Å². The van der Waals surface area contributed by atoms with Gasteiger partial charge in [-0.15, -0.1) is 0 Å². The first-order valence-electron chi connectivity index (χ1n) is 9.22. The fourth-order valence-electron chi connectivity index (χ4n) is 3.33. The van der Waals surface area contributed by atoms with Crippen molar-refractivity contribution in [2.75, 3.05) is 25.6 Å². The number of Topliss-reactive ketones (excluding diaryl/α,β-unsaturated/α-hetero) is 1. The quantitative estimate of drug-likeness (QED) is 0.724. The number of rotatable bonds is 6. The van der Waals surface area contributed by atoms with E-state index in [0.717, 1.165) is 6.07 Å². The SMILES string of the molecule is COCCOc1ccc(NC(=O)c2cc3c([nH]c2=O)CC(C)(C)CC3=O)cc1F. The number of ether oxygens (including phenoxy) is 2. The Morgan fingerprint density at radius 1 is 1.21 bits per heavy atom. The molecule has 8 heteroatoms. The fourth-order valence-corrected chi connectivity index (χ4v) is 3.33. The lowest BCUT2D eigenvalue weighted by molar-refractivity contribution is 0.0910. The molecule has 0 bridgehead atoms. The van der Waals surface area contributed by atoms with Gasteiger partial charge in [0.25, 0.3) is 11.5 Å². The molecule has 1 aliphatic carbocycles. The van der Waals surface area contributed by atoms with Crippen molar-refractivity contribution in [1.29, 1.82) is 0 Å². The summed E-state index contributed by atoms with van der Waals surface area (Å²) in [5.41, 5.74) is 0.0144. The molecular weight excluding hydrogens is 379 g/mol. The summed E-state index contributed by atoms with van der Waals surface area (Å²) in [6.45, 7) is 4.40. The molecule has 1 aromatic carbocycles. The first-order chi connectivity index (χ1) is 13.7. The number of amides is 1. The van der Waals surface area contributed by atoms with Crippen LogP contribution in [0, 0.1) is 11.2 Å². The van der Waals surface area contributed by atoms with Crippen molar-refractivity contribution in [2.24, 2.45) is 5.41 Å². The molecule has 29 heavy (non-hydrogen) atoms. The monoisotopic (exact) mass is 402 g/mol. The van der Waals surface area contributed by atoms with Gasteiger partial charge in [0.1, 0.15) is 12.2 Å². The third-order valence-corrected chi connectivity index (χ3v) is 4.70. The smallest absolute Gasteiger partial charge is 0.261 e. The molecule has 0 saturated heterocycles. The summed E-state index contributed by atoms with van der Waals surface area (Å²) >= 11 is 0. The molecule has 1 aromatic heterocycles. The molecule has 7 nitrogen and oxygen atoms in total. The van der Waals surface area contributed by atoms with Gasteiger partial charge in [0.2, 0.25) is 0 Å². The number of carbonyl (C=O) groups is 2. The number of halogens is 1. The number of H-pyrrole nitrogens is 1. The molecule has 0 aliphatic heterocycles. The van der Waals surface area contributed by atoms with E-state index < -0.39 is 17.3 Å². The standard InChI is InChI=1S/C21H23FN2O5/c1-21(2)10-16-13(17(25)11-21)9-14(20(27)24-16)19(26)23-12-4-5-18(15(22)8-12)29-7-6-28-3/h4-5,8-9H,6-7,10-11H2,1-3H3,(H,23,26)(H,24,27). The number of anilines is 1. The van der Waals surface area contributed by atoms with Crippen molar-refractivity contribution in [3.05, 3.63) is 57.3 Å². The molecule has 0 unspecified atom stereocenters. The van der Waals surface area contributed by atoms with E-state index >= 15 is 0 Å². The van der Waals surface area contributed by atoms with Crippen LogP contribution in [0.1, 0.15) is 46.7 Å². The molecular formula is C21H23FN2O5. The molecule has 0 spiro atoms. The predicted molar refractivity (Wildman–Crippen MR) is 105 cm³/mol. The van der Waals surface area contributed by atoms with E-state index in [4.69, 9.17) is 9.47 Å². The van der Waals surface area contributed by atoms with Gasteiger partial charge < -0.3 is 19.8 Å². The largest absolute Gasteiger partial charge is 0.488 e. The highest BCUT2D eigenvalue weighted by Crippen LogP contribution is 2.33. The van der Waals surface area contributed by atoms with Crippen molar-refractivity contribution in [1.82, 2.24) is 4.98 Å². The van der Waals surface area contributed by atoms with Crippen LogP contribution in [0.25, 0.3) is 0 Å². The number of aromatic nitrogens is 1. The van der Waals surface area contributed by atoms with E-state index in [1.165, 1.54) is 25.3 Å². The van der Waals surface area contributed by atoms with Crippen LogP contribution in [0.2, 0.25) is 0 Å². The maximum absolute atomic E-state index is 14.1. The number of hydrogen-bond acceptors (Lipinski definition) is 5. The molecule has 0 saturated carbocycles. The van der Waals surface area contributed by atoms with E-state index in [1.807, 2.05) is 13.8 Å². The van der Waals surface area contributed by atoms with E-state index in [0.29, 0.717) is 30.7 Å². The van der Waals surface area contributed by atoms with Crippen molar-refractivity contribution in [2.45, 2.75) is 26.7 Å². The topological polar surface area (TPSA) is 97.5 Å². The van der Waals surface area contributed by atoms with Gasteiger partial charge in [-0.1, -0.05) is 13.8 Å². The zero-order valence-electron chi connectivity index (χ0n) is 16.6. The first kappa shape index (κ1) is 20.7. The molecule has 0 atom stereocenters. The molecule has 2 aromatic rings. The number of nitrogens with one attached hydrogen (secondary N) is 2. The van der Waals surface area contributed by atoms with E-state index in [1.54, 1.807) is 0 Å². The van der Waals surface area contributed by atoms with Gasteiger partial charge >= 0.3 is 0 Å². The lowest BCUT2D eigenvalue weighted by Crippen LogP contribution is -2.32. The Kier molecular flexibility index (Phi) is 5.83. The van der Waals surface area contributed by atoms with Crippen LogP contribution >= 0.6 is 0 Å². The lowest BCUT2D eigenvalue weighted by atomic mass is 9.75. The maximum Gasteiger partial charge on any atom is 0.261 e. The van der Waals surface area contributed by atoms with Crippen LogP contribution in [0.4, 0.5) is 10.1 Å². The van der Waals surface area contributed by atoms with Gasteiger partial charge in [-0.2, -0.15) is 0 Å². The average molecular weight is 402 g/mol. The normalized spacial score (nSPS) is 15.0. The Morgan fingerprint density at radius 2 is 1.97 bits per heavy atom. The van der Waals surface area contributed by atoms with Crippen LogP contribution in [-0.2, 0) is 11.2 Å². The first-order valence-corrected chi connectivity index (χ1v) is 9.22. The highest BCUT2D eigenvalue weighted by molar-refractivity contribution is 6.06. The van der Waals surface area contributed by atoms with Crippen LogP contribution in [0.5, 0.6) is 5.75 Å². The van der Waals surface area contributed by atoms with Crippen LogP contribution < -0.4 is 15.6 Å². The summed E-state index contributed by atoms with van der Waals surface area (Å²) in [6, 6.07) is 5.26. The average Bonchev–Trinajstić information content (AvgIpc) is 2.62. The second-order valence-corrected chi connectivity index (χ2v) is 7.79. The van der Waals surface area contributed by atoms with Crippen LogP contribution in [0.3, 0.4) is 0 Å². The summed E-state index contributed by atoms with van der Waals surface area (Å²) < 4.78 is 24.2. The minimum atomic E-state index is -0.723. The van der Waals surface area contributed by atoms with E-state index in [-0.39, 0.29) is 34.8 Å². The molecule has 0 radical (unpaired) electrons. The second kappa shape index (κ2) is 8.16. The number of benzene rings is 1. The Bertz CT molecular complexity index is 1010. The lowest BCUT2D eigenvalue weighted by Gasteiger charge is -2.29. The van der Waals surface area contributed by atoms with Crippen molar-refractivity contribution in [3.8, 4) is 5.75 Å². The Labute approximate surface area is 167 Å². The highest BCUT2D eigenvalue weighted by Gasteiger charge is 2.32. The molecule has 0 fully saturated rings. The van der Waals surface area contributed by atoms with E-state index in [9.17, 15) is 18.8 Å². The molecule has 1 amide bonds. The third kappa shape index (κ3) is 4.71. The molecule has 3 rings (SSSR count). The minimum Gasteiger partial charge on any atom is -0.488 e. The summed E-state index contributed by atoms with van der Waals surface area (Å²) in [5.74, 6) is -1.47. The molecule has 1 heterocycles. The zero-order chi connectivity index (χ0) is 21.2. The molecule has 154 valence electrons. The van der Waals surface area contributed by atoms with Crippen molar-refractivity contribution < 1.29 is 23.5 Å². The Balaban J connectivity index is 1.80. The van der Waals surface area contributed by atoms with Crippen LogP contribution in [0.15, 0.2) is 29.1 Å². The number of pyridine rings is 1. The number of hydrogen-bond donors (Lipinski definition) is 2. The molecule has 2 N–H and O–H groups in total. The van der Waals surface area contributed by atoms with Gasteiger partial charge in [-0.05, 0) is 30.0 Å². The zero-order valence-corrected chi connectivity index (χ0v) is 16.6. The maximum atomic E-state index is 14.1. The number of fused-ring (bicyclic) bond motifs is 1.